The van der Waals surface area contributed by atoms with E-state index < -0.39 is 0 Å². The van der Waals surface area contributed by atoms with Gasteiger partial charge in [0.05, 0.1) is 12.6 Å². The van der Waals surface area contributed by atoms with Crippen LogP contribution >= 0.6 is 11.3 Å². The first-order chi connectivity index (χ1) is 11.6. The van der Waals surface area contributed by atoms with Crippen LogP contribution in [-0.2, 0) is 19.5 Å². The smallest absolute Gasteiger partial charge is 0.213 e. The first-order valence-corrected chi connectivity index (χ1v) is 9.06. The van der Waals surface area contributed by atoms with Gasteiger partial charge < -0.3 is 15.4 Å². The Bertz CT molecular complexity index is 649. The van der Waals surface area contributed by atoms with Crippen LogP contribution in [-0.4, -0.2) is 24.1 Å². The lowest BCUT2D eigenvalue weighted by Crippen LogP contribution is -2.36. The normalized spacial score (nSPS) is 11.6. The second-order valence-electron chi connectivity index (χ2n) is 5.67. The summed E-state index contributed by atoms with van der Waals surface area (Å²) >= 11 is 1.84. The molecule has 5 nitrogen and oxygen atoms in total. The molecule has 2 aromatic heterocycles. The predicted molar refractivity (Wildman–Crippen MR) is 101 cm³/mol. The van der Waals surface area contributed by atoms with Crippen molar-refractivity contribution in [3.05, 3.63) is 45.8 Å². The van der Waals surface area contributed by atoms with Crippen molar-refractivity contribution in [3.63, 3.8) is 0 Å². The van der Waals surface area contributed by atoms with Gasteiger partial charge in [-0.15, -0.1) is 11.3 Å². The molecule has 24 heavy (non-hydrogen) atoms. The van der Waals surface area contributed by atoms with Crippen LogP contribution in [0.15, 0.2) is 35.5 Å². The van der Waals surface area contributed by atoms with Crippen LogP contribution < -0.4 is 15.4 Å². The van der Waals surface area contributed by atoms with Gasteiger partial charge in [-0.25, -0.2) is 4.98 Å². The highest BCUT2D eigenvalue weighted by Crippen LogP contribution is 2.16. The van der Waals surface area contributed by atoms with Crippen LogP contribution in [0, 0.1) is 0 Å². The number of hydrogen-bond acceptors (Lipinski definition) is 4. The molecule has 0 atom stereocenters. The van der Waals surface area contributed by atoms with Crippen LogP contribution in [0.25, 0.3) is 0 Å². The summed E-state index contributed by atoms with van der Waals surface area (Å²) in [5.74, 6) is 1.43. The van der Waals surface area contributed by atoms with Crippen molar-refractivity contribution >= 4 is 17.3 Å². The Balaban J connectivity index is 1.80. The highest BCUT2D eigenvalue weighted by atomic mass is 32.1. The number of nitrogens with one attached hydrogen (secondary N) is 2. The fourth-order valence-electron chi connectivity index (χ4n) is 2.11. The van der Waals surface area contributed by atoms with Crippen LogP contribution in [0.5, 0.6) is 5.88 Å². The maximum atomic E-state index is 5.55. The molecule has 0 radical (unpaired) electrons. The van der Waals surface area contributed by atoms with Crippen LogP contribution in [0.1, 0.15) is 36.1 Å². The maximum absolute atomic E-state index is 5.55. The van der Waals surface area contributed by atoms with Gasteiger partial charge in [0.25, 0.3) is 0 Å². The zero-order valence-electron chi connectivity index (χ0n) is 14.8. The Labute approximate surface area is 148 Å². The van der Waals surface area contributed by atoms with Crippen molar-refractivity contribution in [2.24, 2.45) is 4.99 Å². The van der Waals surface area contributed by atoms with Gasteiger partial charge in [-0.3, -0.25) is 4.99 Å². The van der Waals surface area contributed by atoms with E-state index in [1.54, 1.807) is 7.05 Å². The number of hydrogen-bond donors (Lipinski definition) is 2. The molecule has 0 fully saturated rings. The minimum atomic E-state index is 0.134. The molecule has 2 heterocycles. The third-order valence-electron chi connectivity index (χ3n) is 3.33. The average molecular weight is 347 g/mol. The number of nitrogens with zero attached hydrogens (tertiary/aromatic N) is 2. The van der Waals surface area contributed by atoms with Gasteiger partial charge in [-0.2, -0.15) is 0 Å². The van der Waals surface area contributed by atoms with Crippen molar-refractivity contribution in [1.29, 1.82) is 0 Å². The number of ether oxygens (including phenoxy) is 1. The van der Waals surface area contributed by atoms with E-state index in [0.29, 0.717) is 12.4 Å². The zero-order chi connectivity index (χ0) is 17.4. The molecule has 0 spiro atoms. The summed E-state index contributed by atoms with van der Waals surface area (Å²) in [7, 11) is 1.78. The van der Waals surface area contributed by atoms with E-state index in [-0.39, 0.29) is 6.10 Å². The van der Waals surface area contributed by atoms with E-state index >= 15 is 0 Å². The number of pyridine rings is 1. The van der Waals surface area contributed by atoms with Gasteiger partial charge in [0.2, 0.25) is 5.88 Å². The Kier molecular flexibility index (Phi) is 7.06. The molecule has 0 aliphatic heterocycles. The molecule has 2 aromatic rings. The van der Waals surface area contributed by atoms with Crippen molar-refractivity contribution < 1.29 is 4.74 Å². The largest absolute Gasteiger partial charge is 0.475 e. The zero-order valence-corrected chi connectivity index (χ0v) is 15.6. The van der Waals surface area contributed by atoms with Gasteiger partial charge in [-0.1, -0.05) is 13.0 Å². The lowest BCUT2D eigenvalue weighted by molar-refractivity contribution is 0.232. The first kappa shape index (κ1) is 18.3. The molecule has 2 rings (SSSR count). The number of aromatic nitrogens is 1. The minimum absolute atomic E-state index is 0.134. The second-order valence-corrected chi connectivity index (χ2v) is 6.93. The van der Waals surface area contributed by atoms with Gasteiger partial charge in [-0.05, 0) is 38.0 Å². The average Bonchev–Trinajstić information content (AvgIpc) is 3.04. The molecular weight excluding hydrogens is 320 g/mol. The summed E-state index contributed by atoms with van der Waals surface area (Å²) in [5, 5.41) is 6.63. The van der Waals surface area contributed by atoms with Gasteiger partial charge in [0.15, 0.2) is 5.96 Å². The summed E-state index contributed by atoms with van der Waals surface area (Å²) in [5.41, 5.74) is 1.08. The SMILES string of the molecule is CCc1ccc(CNC(=NC)NCc2ccc(OC(C)C)nc2)s1. The van der Waals surface area contributed by atoms with Crippen LogP contribution in [0.2, 0.25) is 0 Å². The molecule has 0 unspecified atom stereocenters. The molecule has 0 aliphatic carbocycles. The molecule has 0 saturated heterocycles. The Hall–Kier alpha value is -2.08. The summed E-state index contributed by atoms with van der Waals surface area (Å²) in [6.45, 7) is 7.60. The van der Waals surface area contributed by atoms with Gasteiger partial charge in [0.1, 0.15) is 0 Å². The molecule has 0 saturated carbocycles. The summed E-state index contributed by atoms with van der Waals surface area (Å²) < 4.78 is 5.55. The third kappa shape index (κ3) is 5.85. The Morgan fingerprint density at radius 1 is 1.17 bits per heavy atom. The van der Waals surface area contributed by atoms with Crippen LogP contribution in [0.4, 0.5) is 0 Å². The topological polar surface area (TPSA) is 58.5 Å². The van der Waals surface area contributed by atoms with Crippen molar-refractivity contribution in [2.75, 3.05) is 7.05 Å². The van der Waals surface area contributed by atoms with Gasteiger partial charge >= 0.3 is 0 Å². The summed E-state index contributed by atoms with van der Waals surface area (Å²) in [4.78, 5) is 11.3. The standard InChI is InChI=1S/C18H26N4OS/c1-5-15-7-8-16(24-15)12-22-18(19-4)21-11-14-6-9-17(20-10-14)23-13(2)3/h6-10,13H,5,11-12H2,1-4H3,(H2,19,21,22). The summed E-state index contributed by atoms with van der Waals surface area (Å²) in [6, 6.07) is 8.26. The highest BCUT2D eigenvalue weighted by Gasteiger charge is 2.03. The highest BCUT2D eigenvalue weighted by molar-refractivity contribution is 7.11. The Morgan fingerprint density at radius 3 is 2.50 bits per heavy atom. The maximum Gasteiger partial charge on any atom is 0.213 e. The molecule has 2 N–H and O–H groups in total. The van der Waals surface area contributed by atoms with Crippen molar-refractivity contribution in [3.8, 4) is 5.88 Å². The second kappa shape index (κ2) is 9.27. The number of aliphatic imine (C=N–C) groups is 1. The molecule has 130 valence electrons. The quantitative estimate of drug-likeness (QED) is 0.596. The molecule has 0 amide bonds. The first-order valence-electron chi connectivity index (χ1n) is 8.24. The molecule has 6 heteroatoms. The van der Waals surface area contributed by atoms with E-state index in [1.165, 1.54) is 9.75 Å². The van der Waals surface area contributed by atoms with Crippen molar-refractivity contribution in [1.82, 2.24) is 15.6 Å². The number of thiophene rings is 1. The molecule has 0 aliphatic rings. The van der Waals surface area contributed by atoms with E-state index in [1.807, 2.05) is 43.5 Å². The summed E-state index contributed by atoms with van der Waals surface area (Å²) in [6.07, 6.45) is 3.04. The lowest BCUT2D eigenvalue weighted by Gasteiger charge is -2.12. The van der Waals surface area contributed by atoms with Gasteiger partial charge in [0, 0.05) is 35.6 Å². The van der Waals surface area contributed by atoms with E-state index in [2.05, 4.69) is 39.7 Å². The molecule has 0 aromatic carbocycles. The fraction of sp³-hybridized carbons (Fsp3) is 0.444. The minimum Gasteiger partial charge on any atom is -0.475 e. The lowest BCUT2D eigenvalue weighted by atomic mass is 10.3. The Morgan fingerprint density at radius 2 is 1.92 bits per heavy atom. The third-order valence-corrected chi connectivity index (χ3v) is 4.56. The van der Waals surface area contributed by atoms with E-state index in [4.69, 9.17) is 4.74 Å². The predicted octanol–water partition coefficient (Wildman–Crippen LogP) is 3.36. The van der Waals surface area contributed by atoms with E-state index in [0.717, 1.165) is 24.5 Å². The fourth-order valence-corrected chi connectivity index (χ4v) is 3.01. The molecular formula is C18H26N4OS. The van der Waals surface area contributed by atoms with Crippen LogP contribution in [0.3, 0.4) is 0 Å². The number of guanidine groups is 1. The number of rotatable bonds is 7. The number of aryl methyl sites for hydroxylation is 1. The van der Waals surface area contributed by atoms with Crippen molar-refractivity contribution in [2.45, 2.75) is 46.4 Å². The van der Waals surface area contributed by atoms with E-state index in [9.17, 15) is 0 Å². The molecule has 0 bridgehead atoms. The monoisotopic (exact) mass is 346 g/mol.